The lowest BCUT2D eigenvalue weighted by molar-refractivity contribution is -0.117. The number of rotatable bonds is 9. The maximum atomic E-state index is 13.6. The van der Waals surface area contributed by atoms with Crippen molar-refractivity contribution in [2.75, 3.05) is 4.90 Å². The van der Waals surface area contributed by atoms with Crippen LogP contribution < -0.4 is 9.64 Å². The van der Waals surface area contributed by atoms with Crippen LogP contribution in [0.1, 0.15) is 26.8 Å². The topological polar surface area (TPSA) is 92.6 Å². The zero-order valence-corrected chi connectivity index (χ0v) is 23.3. The molecule has 7 nitrogen and oxygen atoms in total. The molecular weight excluding hydrogens is 563 g/mol. The predicted octanol–water partition coefficient (Wildman–Crippen LogP) is 7.47. The van der Waals surface area contributed by atoms with Crippen LogP contribution in [0.4, 0.5) is 5.13 Å². The first-order chi connectivity index (χ1) is 19.6. The molecule has 0 radical (unpaired) electrons. The summed E-state index contributed by atoms with van der Waals surface area (Å²) in [4.78, 5) is 28.9. The number of anilines is 1. The number of thioether (sulfide) groups is 1. The van der Waals surface area contributed by atoms with Crippen molar-refractivity contribution in [1.82, 2.24) is 10.2 Å². The van der Waals surface area contributed by atoms with Gasteiger partial charge in [0.2, 0.25) is 10.9 Å². The highest BCUT2D eigenvalue weighted by Gasteiger charge is 2.46. The molecule has 1 aliphatic heterocycles. The molecular formula is C30H21N3O4S3. The van der Waals surface area contributed by atoms with E-state index in [1.807, 2.05) is 60.7 Å². The third kappa shape index (κ3) is 5.29. The van der Waals surface area contributed by atoms with Gasteiger partial charge < -0.3 is 9.84 Å². The van der Waals surface area contributed by atoms with Gasteiger partial charge >= 0.3 is 0 Å². The van der Waals surface area contributed by atoms with Gasteiger partial charge in [0.05, 0.1) is 16.5 Å². The van der Waals surface area contributed by atoms with Crippen molar-refractivity contribution in [3.05, 3.63) is 130 Å². The molecule has 2 aromatic heterocycles. The van der Waals surface area contributed by atoms with Gasteiger partial charge in [-0.3, -0.25) is 14.5 Å². The number of hydrogen-bond donors (Lipinski definition) is 1. The number of ether oxygens (including phenoxy) is 1. The number of aromatic nitrogens is 2. The highest BCUT2D eigenvalue weighted by Crippen LogP contribution is 2.45. The van der Waals surface area contributed by atoms with Gasteiger partial charge in [-0.2, -0.15) is 0 Å². The second kappa shape index (κ2) is 11.5. The average Bonchev–Trinajstić information content (AvgIpc) is 3.74. The van der Waals surface area contributed by atoms with Crippen LogP contribution in [0.2, 0.25) is 0 Å². The summed E-state index contributed by atoms with van der Waals surface area (Å²) in [5, 5.41) is 21.7. The lowest BCUT2D eigenvalue weighted by Gasteiger charge is -2.24. The van der Waals surface area contributed by atoms with Crippen molar-refractivity contribution in [1.29, 1.82) is 0 Å². The third-order valence-electron chi connectivity index (χ3n) is 6.16. The van der Waals surface area contributed by atoms with E-state index in [1.165, 1.54) is 39.3 Å². The Bertz CT molecular complexity index is 1690. The van der Waals surface area contributed by atoms with Crippen molar-refractivity contribution in [2.24, 2.45) is 0 Å². The van der Waals surface area contributed by atoms with Gasteiger partial charge in [-0.15, -0.1) is 21.5 Å². The summed E-state index contributed by atoms with van der Waals surface area (Å²) < 4.78 is 6.70. The molecule has 0 spiro atoms. The summed E-state index contributed by atoms with van der Waals surface area (Å²) in [6, 6.07) is 29.0. The lowest BCUT2D eigenvalue weighted by Crippen LogP contribution is -2.31. The normalized spacial score (nSPS) is 15.1. The Morgan fingerprint density at radius 2 is 1.68 bits per heavy atom. The predicted molar refractivity (Wildman–Crippen MR) is 157 cm³/mol. The Morgan fingerprint density at radius 1 is 0.925 bits per heavy atom. The van der Waals surface area contributed by atoms with Crippen LogP contribution in [0.15, 0.2) is 118 Å². The molecule has 40 heavy (non-hydrogen) atoms. The number of para-hydroxylation sites is 1. The smallest absolute Gasteiger partial charge is 0.296 e. The number of nitrogens with zero attached hydrogens (tertiary/aromatic N) is 3. The van der Waals surface area contributed by atoms with E-state index in [0.29, 0.717) is 37.2 Å². The molecule has 3 heterocycles. The lowest BCUT2D eigenvalue weighted by atomic mass is 9.95. The van der Waals surface area contributed by atoms with Crippen LogP contribution in [0, 0.1) is 0 Å². The molecule has 5 aromatic rings. The van der Waals surface area contributed by atoms with Crippen LogP contribution in [0.5, 0.6) is 11.5 Å². The third-order valence-corrected chi connectivity index (χ3v) is 9.15. The summed E-state index contributed by atoms with van der Waals surface area (Å²) in [6.45, 7) is 0. The van der Waals surface area contributed by atoms with Gasteiger partial charge in [-0.25, -0.2) is 0 Å². The number of carbonyl (C=O) groups is 2. The fourth-order valence-electron chi connectivity index (χ4n) is 4.34. The molecule has 3 aromatic carbocycles. The van der Waals surface area contributed by atoms with Crippen LogP contribution in [0.25, 0.3) is 0 Å². The number of thiophene rings is 1. The largest absolute Gasteiger partial charge is 0.503 e. The highest BCUT2D eigenvalue weighted by atomic mass is 32.2. The minimum absolute atomic E-state index is 0.00185. The Labute approximate surface area is 242 Å². The number of ketones is 1. The summed E-state index contributed by atoms with van der Waals surface area (Å²) in [7, 11) is 0. The second-order valence-corrected chi connectivity index (χ2v) is 11.9. The van der Waals surface area contributed by atoms with Gasteiger partial charge in [-0.05, 0) is 46.8 Å². The molecule has 1 unspecified atom stereocenters. The van der Waals surface area contributed by atoms with E-state index < -0.39 is 23.5 Å². The Balaban J connectivity index is 1.36. The molecule has 198 valence electrons. The minimum atomic E-state index is -0.915. The summed E-state index contributed by atoms with van der Waals surface area (Å²) in [6.07, 6.45) is 0. The fraction of sp³-hybridized carbons (Fsp3) is 0.0667. The van der Waals surface area contributed by atoms with E-state index in [-0.39, 0.29) is 5.57 Å². The molecule has 10 heteroatoms. The van der Waals surface area contributed by atoms with E-state index in [1.54, 1.807) is 41.8 Å². The first-order valence-corrected chi connectivity index (χ1v) is 14.9. The number of aliphatic hydroxyl groups is 1. The van der Waals surface area contributed by atoms with E-state index in [4.69, 9.17) is 4.74 Å². The number of carbonyl (C=O) groups excluding carboxylic acids is 2. The minimum Gasteiger partial charge on any atom is -0.503 e. The molecule has 0 bridgehead atoms. The van der Waals surface area contributed by atoms with Gasteiger partial charge in [0.15, 0.2) is 10.1 Å². The molecule has 0 saturated carbocycles. The van der Waals surface area contributed by atoms with Crippen LogP contribution in [-0.4, -0.2) is 27.0 Å². The number of amides is 1. The maximum absolute atomic E-state index is 13.6. The Kier molecular flexibility index (Phi) is 7.45. The second-order valence-electron chi connectivity index (χ2n) is 8.76. The standard InChI is InChI=1S/C30H21N3O4S3/c34-26(23-15-8-16-38-23)24-25(20-11-7-14-22(17-20)37-21-12-5-2-6-13-21)33(28(36)27(24)35)29-31-32-30(40-29)39-18-19-9-3-1-4-10-19/h1-17,25,35H,18H2. The fourth-order valence-corrected chi connectivity index (χ4v) is 6.84. The van der Waals surface area contributed by atoms with Crippen molar-refractivity contribution in [3.63, 3.8) is 0 Å². The van der Waals surface area contributed by atoms with Gasteiger partial charge in [0.1, 0.15) is 11.5 Å². The molecule has 6 rings (SSSR count). The van der Waals surface area contributed by atoms with E-state index in [9.17, 15) is 14.7 Å². The van der Waals surface area contributed by atoms with Crippen LogP contribution in [-0.2, 0) is 10.5 Å². The first-order valence-electron chi connectivity index (χ1n) is 12.3. The van der Waals surface area contributed by atoms with E-state index in [0.717, 1.165) is 5.56 Å². The Morgan fingerprint density at radius 3 is 2.42 bits per heavy atom. The molecule has 1 N–H and O–H groups in total. The van der Waals surface area contributed by atoms with E-state index in [2.05, 4.69) is 10.2 Å². The van der Waals surface area contributed by atoms with Gasteiger partial charge in [0.25, 0.3) is 5.91 Å². The van der Waals surface area contributed by atoms with Crippen LogP contribution in [0.3, 0.4) is 0 Å². The van der Waals surface area contributed by atoms with E-state index >= 15 is 0 Å². The monoisotopic (exact) mass is 583 g/mol. The molecule has 0 aliphatic carbocycles. The van der Waals surface area contributed by atoms with Gasteiger partial charge in [-0.1, -0.05) is 89.8 Å². The van der Waals surface area contributed by atoms with Crippen molar-refractivity contribution in [2.45, 2.75) is 16.1 Å². The molecule has 1 aliphatic rings. The molecule has 1 amide bonds. The number of aliphatic hydroxyl groups excluding tert-OH is 1. The van der Waals surface area contributed by atoms with Crippen molar-refractivity contribution < 1.29 is 19.4 Å². The average molecular weight is 584 g/mol. The highest BCUT2D eigenvalue weighted by molar-refractivity contribution is 8.00. The molecule has 1 atom stereocenters. The molecule has 0 saturated heterocycles. The summed E-state index contributed by atoms with van der Waals surface area (Å²) in [5.74, 6) is 0.169. The number of hydrogen-bond acceptors (Lipinski definition) is 9. The van der Waals surface area contributed by atoms with Crippen molar-refractivity contribution in [3.8, 4) is 11.5 Å². The van der Waals surface area contributed by atoms with Gasteiger partial charge in [0, 0.05) is 5.75 Å². The SMILES string of the molecule is O=C(C1=C(O)C(=O)N(c2nnc(SCc3ccccc3)s2)C1c1cccc(Oc2ccccc2)c1)c1cccs1. The first kappa shape index (κ1) is 26.0. The maximum Gasteiger partial charge on any atom is 0.296 e. The molecule has 0 fully saturated rings. The summed E-state index contributed by atoms with van der Waals surface area (Å²) in [5.41, 5.74) is 1.73. The number of benzene rings is 3. The quantitative estimate of drug-likeness (QED) is 0.109. The van der Waals surface area contributed by atoms with Crippen LogP contribution >= 0.6 is 34.4 Å². The number of Topliss-reactive ketones (excluding diaryl/α,β-unsaturated/α-hetero) is 1. The summed E-state index contributed by atoms with van der Waals surface area (Å²) >= 11 is 4.00. The van der Waals surface area contributed by atoms with Crippen molar-refractivity contribution >= 4 is 51.3 Å². The Hall–Kier alpha value is -4.25. The zero-order valence-electron chi connectivity index (χ0n) is 20.8. The zero-order chi connectivity index (χ0) is 27.5.